The highest BCUT2D eigenvalue weighted by Gasteiger charge is 2.18. The number of hydrogen-bond acceptors (Lipinski definition) is 4. The minimum Gasteiger partial charge on any atom is -0.363 e. The van der Waals surface area contributed by atoms with Gasteiger partial charge in [0.05, 0.1) is 6.04 Å². The van der Waals surface area contributed by atoms with Crippen LogP contribution in [0.4, 0.5) is 5.82 Å². The lowest BCUT2D eigenvalue weighted by molar-refractivity contribution is 0.0724. The molecule has 0 bridgehead atoms. The van der Waals surface area contributed by atoms with Gasteiger partial charge >= 0.3 is 0 Å². The van der Waals surface area contributed by atoms with E-state index in [4.69, 9.17) is 0 Å². The fraction of sp³-hybridized carbons (Fsp3) is 0.389. The molecule has 2 aromatic rings. The largest absolute Gasteiger partial charge is 0.363 e. The molecule has 23 heavy (non-hydrogen) atoms. The number of nitrogens with one attached hydrogen (secondary N) is 1. The number of hydrogen-bond donors (Lipinski definition) is 1. The summed E-state index contributed by atoms with van der Waals surface area (Å²) in [6, 6.07) is 7.64. The van der Waals surface area contributed by atoms with Gasteiger partial charge < -0.3 is 10.2 Å². The maximum Gasteiger partial charge on any atom is 0.254 e. The van der Waals surface area contributed by atoms with Crippen molar-refractivity contribution in [3.8, 4) is 0 Å². The van der Waals surface area contributed by atoms with E-state index in [0.29, 0.717) is 11.4 Å². The molecule has 1 unspecified atom stereocenters. The third-order valence-electron chi connectivity index (χ3n) is 4.20. The van der Waals surface area contributed by atoms with Crippen molar-refractivity contribution in [2.45, 2.75) is 32.2 Å². The lowest BCUT2D eigenvalue weighted by Crippen LogP contribution is -2.35. The molecule has 1 N–H and O–H groups in total. The number of amides is 1. The maximum absolute atomic E-state index is 12.6. The lowest BCUT2D eigenvalue weighted by Gasteiger charge is -2.26. The second-order valence-electron chi connectivity index (χ2n) is 5.94. The number of pyridine rings is 2. The van der Waals surface area contributed by atoms with Crippen molar-refractivity contribution < 1.29 is 4.79 Å². The summed E-state index contributed by atoms with van der Waals surface area (Å²) < 4.78 is 0. The van der Waals surface area contributed by atoms with Crippen LogP contribution in [0.2, 0.25) is 0 Å². The second kappa shape index (κ2) is 7.22. The second-order valence-corrected chi connectivity index (χ2v) is 5.94. The molecule has 0 aliphatic carbocycles. The molecule has 1 aliphatic heterocycles. The number of piperidine rings is 1. The van der Waals surface area contributed by atoms with Gasteiger partial charge in [0.1, 0.15) is 5.82 Å². The van der Waals surface area contributed by atoms with Crippen LogP contribution in [0.15, 0.2) is 42.9 Å². The van der Waals surface area contributed by atoms with E-state index in [9.17, 15) is 4.79 Å². The first-order chi connectivity index (χ1) is 11.2. The molecule has 2 aromatic heterocycles. The smallest absolute Gasteiger partial charge is 0.254 e. The minimum atomic E-state index is 0.0801. The standard InChI is InChI=1S/C18H22N4O/c1-14(16-6-5-8-19-13-16)21-17-12-15(7-9-20-17)18(23)22-10-3-2-4-11-22/h5-9,12-14H,2-4,10-11H2,1H3,(H,20,21). The van der Waals surface area contributed by atoms with Crippen molar-refractivity contribution in [1.82, 2.24) is 14.9 Å². The van der Waals surface area contributed by atoms with Gasteiger partial charge in [-0.2, -0.15) is 0 Å². The van der Waals surface area contributed by atoms with Crippen LogP contribution in [-0.4, -0.2) is 33.9 Å². The highest BCUT2D eigenvalue weighted by molar-refractivity contribution is 5.94. The molecule has 0 radical (unpaired) electrons. The van der Waals surface area contributed by atoms with E-state index in [0.717, 1.165) is 31.5 Å². The van der Waals surface area contributed by atoms with Gasteiger partial charge in [-0.3, -0.25) is 9.78 Å². The first kappa shape index (κ1) is 15.5. The third kappa shape index (κ3) is 3.86. The zero-order valence-electron chi connectivity index (χ0n) is 13.4. The van der Waals surface area contributed by atoms with Gasteiger partial charge in [-0.15, -0.1) is 0 Å². The summed E-state index contributed by atoms with van der Waals surface area (Å²) in [4.78, 5) is 23.0. The average Bonchev–Trinajstić information content (AvgIpc) is 2.63. The summed E-state index contributed by atoms with van der Waals surface area (Å²) in [6.45, 7) is 3.77. The molecule has 1 amide bonds. The van der Waals surface area contributed by atoms with Crippen molar-refractivity contribution >= 4 is 11.7 Å². The first-order valence-corrected chi connectivity index (χ1v) is 8.16. The SMILES string of the molecule is CC(Nc1cc(C(=O)N2CCCCC2)ccn1)c1cccnc1. The Hall–Kier alpha value is -2.43. The number of nitrogens with zero attached hydrogens (tertiary/aromatic N) is 3. The Kier molecular flexibility index (Phi) is 4.86. The van der Waals surface area contributed by atoms with E-state index in [1.165, 1.54) is 6.42 Å². The summed E-state index contributed by atoms with van der Waals surface area (Å²) in [7, 11) is 0. The molecule has 1 fully saturated rings. The molecular formula is C18H22N4O. The molecule has 5 heteroatoms. The molecule has 0 aromatic carbocycles. The van der Waals surface area contributed by atoms with Crippen LogP contribution in [0.3, 0.4) is 0 Å². The zero-order valence-corrected chi connectivity index (χ0v) is 13.4. The van der Waals surface area contributed by atoms with Gasteiger partial charge in [0, 0.05) is 37.2 Å². The van der Waals surface area contributed by atoms with Crippen LogP contribution >= 0.6 is 0 Å². The molecule has 1 aliphatic rings. The van der Waals surface area contributed by atoms with Crippen LogP contribution < -0.4 is 5.32 Å². The van der Waals surface area contributed by atoms with Crippen molar-refractivity contribution in [2.75, 3.05) is 18.4 Å². The predicted octanol–water partition coefficient (Wildman–Crippen LogP) is 3.28. The summed E-state index contributed by atoms with van der Waals surface area (Å²) in [5, 5.41) is 3.33. The van der Waals surface area contributed by atoms with Crippen LogP contribution in [0.5, 0.6) is 0 Å². The highest BCUT2D eigenvalue weighted by Crippen LogP contribution is 2.19. The van der Waals surface area contributed by atoms with Crippen molar-refractivity contribution in [1.29, 1.82) is 0 Å². The Morgan fingerprint density at radius 3 is 2.78 bits per heavy atom. The highest BCUT2D eigenvalue weighted by atomic mass is 16.2. The Bertz CT molecular complexity index is 653. The molecule has 1 atom stereocenters. The Morgan fingerprint density at radius 2 is 2.04 bits per heavy atom. The van der Waals surface area contributed by atoms with Crippen LogP contribution in [0.1, 0.15) is 48.1 Å². The number of carbonyl (C=O) groups is 1. The van der Waals surface area contributed by atoms with E-state index >= 15 is 0 Å². The van der Waals surface area contributed by atoms with E-state index in [2.05, 4.69) is 22.2 Å². The van der Waals surface area contributed by atoms with Crippen molar-refractivity contribution in [3.05, 3.63) is 54.0 Å². The van der Waals surface area contributed by atoms with Gasteiger partial charge in [-0.05, 0) is 49.9 Å². The average molecular weight is 310 g/mol. The predicted molar refractivity (Wildman–Crippen MR) is 90.3 cm³/mol. The lowest BCUT2D eigenvalue weighted by atomic mass is 10.1. The molecule has 120 valence electrons. The Labute approximate surface area is 136 Å². The Balaban J connectivity index is 1.71. The van der Waals surface area contributed by atoms with Gasteiger partial charge in [0.15, 0.2) is 0 Å². The summed E-state index contributed by atoms with van der Waals surface area (Å²) in [5.74, 6) is 0.813. The number of carbonyl (C=O) groups excluding carboxylic acids is 1. The summed E-state index contributed by atoms with van der Waals surface area (Å²) in [5.41, 5.74) is 1.78. The molecule has 1 saturated heterocycles. The van der Waals surface area contributed by atoms with Crippen molar-refractivity contribution in [2.24, 2.45) is 0 Å². The first-order valence-electron chi connectivity index (χ1n) is 8.16. The van der Waals surface area contributed by atoms with Crippen molar-refractivity contribution in [3.63, 3.8) is 0 Å². The quantitative estimate of drug-likeness (QED) is 0.941. The number of rotatable bonds is 4. The molecule has 3 heterocycles. The zero-order chi connectivity index (χ0) is 16.1. The summed E-state index contributed by atoms with van der Waals surface area (Å²) >= 11 is 0. The Morgan fingerprint density at radius 1 is 1.22 bits per heavy atom. The topological polar surface area (TPSA) is 58.1 Å². The van der Waals surface area contributed by atoms with Crippen LogP contribution in [0.25, 0.3) is 0 Å². The number of likely N-dealkylation sites (tertiary alicyclic amines) is 1. The minimum absolute atomic E-state index is 0.0801. The molecular weight excluding hydrogens is 288 g/mol. The van der Waals surface area contributed by atoms with Crippen LogP contribution in [-0.2, 0) is 0 Å². The molecule has 5 nitrogen and oxygen atoms in total. The van der Waals surface area contributed by atoms with E-state index in [1.807, 2.05) is 29.3 Å². The van der Waals surface area contributed by atoms with Gasteiger partial charge in [0.2, 0.25) is 0 Å². The van der Waals surface area contributed by atoms with E-state index < -0.39 is 0 Å². The fourth-order valence-corrected chi connectivity index (χ4v) is 2.86. The maximum atomic E-state index is 12.6. The normalized spacial score (nSPS) is 16.0. The third-order valence-corrected chi connectivity index (χ3v) is 4.20. The van der Waals surface area contributed by atoms with E-state index in [-0.39, 0.29) is 11.9 Å². The molecule has 0 spiro atoms. The van der Waals surface area contributed by atoms with Gasteiger partial charge in [-0.25, -0.2) is 4.98 Å². The summed E-state index contributed by atoms with van der Waals surface area (Å²) in [6.07, 6.45) is 8.69. The van der Waals surface area contributed by atoms with E-state index in [1.54, 1.807) is 18.5 Å². The molecule has 0 saturated carbocycles. The number of anilines is 1. The van der Waals surface area contributed by atoms with Gasteiger partial charge in [-0.1, -0.05) is 6.07 Å². The fourth-order valence-electron chi connectivity index (χ4n) is 2.86. The van der Waals surface area contributed by atoms with Gasteiger partial charge in [0.25, 0.3) is 5.91 Å². The molecule has 3 rings (SSSR count). The van der Waals surface area contributed by atoms with Crippen LogP contribution in [0, 0.1) is 0 Å². The number of aromatic nitrogens is 2. The monoisotopic (exact) mass is 310 g/mol.